The Morgan fingerprint density at radius 3 is 2.40 bits per heavy atom. The van der Waals surface area contributed by atoms with E-state index in [0.717, 1.165) is 58.4 Å². The zero-order chi connectivity index (χ0) is 15.0. The minimum atomic E-state index is -0.731. The molecule has 1 amide bonds. The summed E-state index contributed by atoms with van der Waals surface area (Å²) in [5.41, 5.74) is 5.86. The van der Waals surface area contributed by atoms with Crippen LogP contribution in [0.15, 0.2) is 0 Å². The Kier molecular flexibility index (Phi) is 7.54. The van der Waals surface area contributed by atoms with Gasteiger partial charge in [-0.05, 0) is 25.8 Å². The van der Waals surface area contributed by atoms with Crippen LogP contribution in [0, 0.1) is 0 Å². The van der Waals surface area contributed by atoms with Crippen LogP contribution in [-0.2, 0) is 9.59 Å². The summed E-state index contributed by atoms with van der Waals surface area (Å²) < 4.78 is 0. The Labute approximate surface area is 120 Å². The summed E-state index contributed by atoms with van der Waals surface area (Å²) in [5.74, 6) is -0.664. The normalized spacial score (nSPS) is 18.0. The van der Waals surface area contributed by atoms with Crippen molar-refractivity contribution >= 4 is 11.9 Å². The summed E-state index contributed by atoms with van der Waals surface area (Å²) in [6.45, 7) is 6.12. The number of carboxylic acids is 1. The van der Waals surface area contributed by atoms with Crippen LogP contribution in [0.4, 0.5) is 0 Å². The Morgan fingerprint density at radius 2 is 1.85 bits per heavy atom. The first kappa shape index (κ1) is 16.9. The molecule has 0 aromatic heterocycles. The van der Waals surface area contributed by atoms with Crippen LogP contribution in [-0.4, -0.2) is 65.5 Å². The molecule has 116 valence electrons. The summed E-state index contributed by atoms with van der Waals surface area (Å²) in [5, 5.41) is 8.57. The molecular weight excluding hydrogens is 258 g/mol. The first-order valence-electron chi connectivity index (χ1n) is 7.53. The van der Waals surface area contributed by atoms with Gasteiger partial charge in [0.15, 0.2) is 0 Å². The van der Waals surface area contributed by atoms with Gasteiger partial charge >= 0.3 is 5.97 Å². The van der Waals surface area contributed by atoms with Gasteiger partial charge in [0.2, 0.25) is 5.91 Å². The molecule has 1 fully saturated rings. The molecule has 1 saturated heterocycles. The predicted octanol–water partition coefficient (Wildman–Crippen LogP) is 0.513. The predicted molar refractivity (Wildman–Crippen MR) is 77.4 cm³/mol. The van der Waals surface area contributed by atoms with Gasteiger partial charge in [-0.15, -0.1) is 0 Å². The number of carboxylic acid groups (broad SMARTS) is 1. The van der Waals surface area contributed by atoms with Crippen molar-refractivity contribution in [3.63, 3.8) is 0 Å². The van der Waals surface area contributed by atoms with E-state index in [-0.39, 0.29) is 18.4 Å². The highest BCUT2D eigenvalue weighted by Gasteiger charge is 2.24. The van der Waals surface area contributed by atoms with Gasteiger partial charge in [-0.1, -0.05) is 13.3 Å². The highest BCUT2D eigenvalue weighted by Crippen LogP contribution is 2.07. The zero-order valence-electron chi connectivity index (χ0n) is 12.4. The van der Waals surface area contributed by atoms with Crippen LogP contribution in [0.5, 0.6) is 0 Å². The van der Waals surface area contributed by atoms with Crippen molar-refractivity contribution in [3.8, 4) is 0 Å². The second kappa shape index (κ2) is 8.92. The maximum atomic E-state index is 12.0. The average molecular weight is 285 g/mol. The average Bonchev–Trinajstić information content (AvgIpc) is 2.43. The van der Waals surface area contributed by atoms with E-state index in [1.54, 1.807) is 0 Å². The van der Waals surface area contributed by atoms with Crippen LogP contribution in [0.25, 0.3) is 0 Å². The van der Waals surface area contributed by atoms with Gasteiger partial charge in [0.05, 0.1) is 6.04 Å². The molecule has 0 aromatic rings. The minimum absolute atomic E-state index is 0.0670. The van der Waals surface area contributed by atoms with E-state index >= 15 is 0 Å². The Morgan fingerprint density at radius 1 is 1.20 bits per heavy atom. The summed E-state index contributed by atoms with van der Waals surface area (Å²) in [6, 6.07) is -0.359. The summed E-state index contributed by atoms with van der Waals surface area (Å²) in [7, 11) is 0. The molecule has 0 aromatic carbocycles. The van der Waals surface area contributed by atoms with Gasteiger partial charge in [-0.2, -0.15) is 0 Å². The number of nitrogens with two attached hydrogens (primary N) is 1. The SMILES string of the molecule is CCC[C@H](N)C(=O)N1CCN(CCCCC(=O)O)CC1. The molecule has 3 N–H and O–H groups in total. The molecule has 0 spiro atoms. The molecule has 0 unspecified atom stereocenters. The van der Waals surface area contributed by atoms with Gasteiger partial charge in [0.25, 0.3) is 0 Å². The number of carbonyl (C=O) groups is 2. The van der Waals surface area contributed by atoms with Crippen molar-refractivity contribution in [3.05, 3.63) is 0 Å². The van der Waals surface area contributed by atoms with E-state index in [9.17, 15) is 9.59 Å². The fraction of sp³-hybridized carbons (Fsp3) is 0.857. The van der Waals surface area contributed by atoms with Gasteiger partial charge in [-0.3, -0.25) is 14.5 Å². The molecule has 1 atom stereocenters. The van der Waals surface area contributed by atoms with Gasteiger partial charge in [-0.25, -0.2) is 0 Å². The monoisotopic (exact) mass is 285 g/mol. The molecule has 1 heterocycles. The largest absolute Gasteiger partial charge is 0.481 e. The lowest BCUT2D eigenvalue weighted by Gasteiger charge is -2.35. The lowest BCUT2D eigenvalue weighted by atomic mass is 10.1. The number of hydrogen-bond donors (Lipinski definition) is 2. The second-order valence-corrected chi connectivity index (χ2v) is 5.41. The van der Waals surface area contributed by atoms with E-state index in [2.05, 4.69) is 4.90 Å². The number of carbonyl (C=O) groups excluding carboxylic acids is 1. The van der Waals surface area contributed by atoms with Crippen molar-refractivity contribution in [2.45, 2.75) is 45.1 Å². The number of amides is 1. The minimum Gasteiger partial charge on any atom is -0.481 e. The number of unbranched alkanes of at least 4 members (excludes halogenated alkanes) is 1. The van der Waals surface area contributed by atoms with Gasteiger partial charge in [0, 0.05) is 32.6 Å². The highest BCUT2D eigenvalue weighted by molar-refractivity contribution is 5.81. The Bertz CT molecular complexity index is 315. The quantitative estimate of drug-likeness (QED) is 0.635. The van der Waals surface area contributed by atoms with E-state index in [1.165, 1.54) is 0 Å². The third-order valence-corrected chi connectivity index (χ3v) is 3.72. The fourth-order valence-corrected chi connectivity index (χ4v) is 2.47. The standard InChI is InChI=1S/C14H27N3O3/c1-2-5-12(15)14(20)17-10-8-16(9-11-17)7-4-3-6-13(18)19/h12H,2-11,15H2,1H3,(H,18,19)/t12-/m0/s1. The molecule has 6 nitrogen and oxygen atoms in total. The Hall–Kier alpha value is -1.14. The zero-order valence-corrected chi connectivity index (χ0v) is 12.4. The van der Waals surface area contributed by atoms with Gasteiger partial charge < -0.3 is 15.7 Å². The van der Waals surface area contributed by atoms with E-state index in [1.807, 2.05) is 11.8 Å². The fourth-order valence-electron chi connectivity index (χ4n) is 2.47. The van der Waals surface area contributed by atoms with E-state index in [0.29, 0.717) is 0 Å². The number of piperazine rings is 1. The van der Waals surface area contributed by atoms with Crippen LogP contribution in [0.1, 0.15) is 39.0 Å². The van der Waals surface area contributed by atoms with Crippen molar-refractivity contribution in [2.24, 2.45) is 5.73 Å². The molecule has 0 radical (unpaired) electrons. The number of hydrogen-bond acceptors (Lipinski definition) is 4. The maximum absolute atomic E-state index is 12.0. The second-order valence-electron chi connectivity index (χ2n) is 5.41. The first-order chi connectivity index (χ1) is 9.54. The van der Waals surface area contributed by atoms with Crippen molar-refractivity contribution in [1.29, 1.82) is 0 Å². The van der Waals surface area contributed by atoms with E-state index in [4.69, 9.17) is 10.8 Å². The molecule has 20 heavy (non-hydrogen) atoms. The molecule has 1 aliphatic rings. The molecule has 0 aliphatic carbocycles. The number of aliphatic carboxylic acids is 1. The lowest BCUT2D eigenvalue weighted by molar-refractivity contribution is -0.137. The summed E-state index contributed by atoms with van der Waals surface area (Å²) in [6.07, 6.45) is 3.53. The van der Waals surface area contributed by atoms with Crippen LogP contribution in [0.2, 0.25) is 0 Å². The molecule has 0 bridgehead atoms. The van der Waals surface area contributed by atoms with Crippen molar-refractivity contribution in [2.75, 3.05) is 32.7 Å². The lowest BCUT2D eigenvalue weighted by Crippen LogP contribution is -2.53. The van der Waals surface area contributed by atoms with Crippen LogP contribution in [0.3, 0.4) is 0 Å². The Balaban J connectivity index is 2.19. The summed E-state index contributed by atoms with van der Waals surface area (Å²) >= 11 is 0. The number of nitrogens with zero attached hydrogens (tertiary/aromatic N) is 2. The van der Waals surface area contributed by atoms with Crippen LogP contribution >= 0.6 is 0 Å². The molecule has 6 heteroatoms. The molecule has 1 rings (SSSR count). The van der Waals surface area contributed by atoms with Crippen molar-refractivity contribution < 1.29 is 14.7 Å². The van der Waals surface area contributed by atoms with Crippen LogP contribution < -0.4 is 5.73 Å². The maximum Gasteiger partial charge on any atom is 0.303 e. The third kappa shape index (κ3) is 5.88. The van der Waals surface area contributed by atoms with Crippen molar-refractivity contribution in [1.82, 2.24) is 9.80 Å². The third-order valence-electron chi connectivity index (χ3n) is 3.72. The topological polar surface area (TPSA) is 86.9 Å². The first-order valence-corrected chi connectivity index (χ1v) is 7.53. The highest BCUT2D eigenvalue weighted by atomic mass is 16.4. The molecule has 0 saturated carbocycles. The number of rotatable bonds is 8. The van der Waals surface area contributed by atoms with Gasteiger partial charge in [0.1, 0.15) is 0 Å². The van der Waals surface area contributed by atoms with E-state index < -0.39 is 5.97 Å². The molecule has 1 aliphatic heterocycles. The summed E-state index contributed by atoms with van der Waals surface area (Å²) in [4.78, 5) is 26.6. The smallest absolute Gasteiger partial charge is 0.303 e. The molecular formula is C14H27N3O3.